The van der Waals surface area contributed by atoms with Gasteiger partial charge in [0.05, 0.1) is 0 Å². The smallest absolute Gasteiger partial charge is 0.407 e. The summed E-state index contributed by atoms with van der Waals surface area (Å²) in [5, 5.41) is 2.17. The molecule has 3 aromatic rings. The van der Waals surface area contributed by atoms with Crippen molar-refractivity contribution in [2.45, 2.75) is 30.7 Å². The van der Waals surface area contributed by atoms with Crippen molar-refractivity contribution >= 4 is 24.7 Å². The molecule has 0 heterocycles. The van der Waals surface area contributed by atoms with Crippen molar-refractivity contribution in [2.24, 2.45) is 0 Å². The number of amides is 1. The van der Waals surface area contributed by atoms with Gasteiger partial charge in [-0.05, 0) is 27.8 Å². The first-order valence-electron chi connectivity index (χ1n) is 10.5. The number of thiol groups is 1. The van der Waals surface area contributed by atoms with Gasteiger partial charge >= 0.3 is 12.1 Å². The van der Waals surface area contributed by atoms with Crippen molar-refractivity contribution in [3.05, 3.63) is 95.6 Å². The fourth-order valence-electron chi connectivity index (χ4n) is 3.96. The second-order valence-electron chi connectivity index (χ2n) is 7.78. The van der Waals surface area contributed by atoms with Gasteiger partial charge in [-0.1, -0.05) is 85.8 Å². The molecule has 4 rings (SSSR count). The molecule has 0 unspecified atom stereocenters. The fraction of sp³-hybridized carbons (Fsp3) is 0.231. The van der Waals surface area contributed by atoms with Crippen molar-refractivity contribution in [1.29, 1.82) is 0 Å². The van der Waals surface area contributed by atoms with Crippen LogP contribution in [0.4, 0.5) is 4.79 Å². The van der Waals surface area contributed by atoms with Crippen LogP contribution in [0.25, 0.3) is 11.1 Å². The summed E-state index contributed by atoms with van der Waals surface area (Å²) in [5.41, 5.74) is 5.44. The van der Waals surface area contributed by atoms with E-state index < -0.39 is 23.4 Å². The lowest BCUT2D eigenvalue weighted by Crippen LogP contribution is -2.47. The van der Waals surface area contributed by atoms with Crippen LogP contribution in [-0.2, 0) is 20.9 Å². The van der Waals surface area contributed by atoms with E-state index in [1.807, 2.05) is 54.6 Å². The summed E-state index contributed by atoms with van der Waals surface area (Å²) in [4.78, 5) is 25.1. The summed E-state index contributed by atoms with van der Waals surface area (Å²) >= 11 is 4.35. The van der Waals surface area contributed by atoms with E-state index in [4.69, 9.17) is 9.47 Å². The molecule has 0 radical (unpaired) electrons. The average molecular weight is 448 g/mol. The number of carbonyl (C=O) groups is 2. The Morgan fingerprint density at radius 2 is 1.44 bits per heavy atom. The largest absolute Gasteiger partial charge is 0.459 e. The Hall–Kier alpha value is -3.25. The van der Waals surface area contributed by atoms with Crippen LogP contribution in [0.2, 0.25) is 0 Å². The maximum Gasteiger partial charge on any atom is 0.407 e. The minimum Gasteiger partial charge on any atom is -0.459 e. The molecule has 1 aliphatic carbocycles. The molecular formula is C26H25NO4S. The summed E-state index contributed by atoms with van der Waals surface area (Å²) in [5.74, 6) is -0.602. The van der Waals surface area contributed by atoms with Gasteiger partial charge in [0, 0.05) is 11.2 Å². The third-order valence-corrected chi connectivity index (χ3v) is 5.88. The molecule has 5 nitrogen and oxygen atoms in total. The standard InChI is InChI=1S/C26H25NO4S/c1-17(32)24(25(28)30-15-18-9-3-2-4-10-18)27-26(29)31-16-23-21-13-7-5-11-19(21)20-12-6-8-14-22(20)23/h2-14,17,23-24,32H,15-16H2,1H3,(H,27,29)/t17-,24+/m1/s1. The Morgan fingerprint density at radius 1 is 0.875 bits per heavy atom. The Balaban J connectivity index is 1.37. The lowest BCUT2D eigenvalue weighted by atomic mass is 9.98. The molecular weight excluding hydrogens is 422 g/mol. The lowest BCUT2D eigenvalue weighted by Gasteiger charge is -2.21. The van der Waals surface area contributed by atoms with E-state index >= 15 is 0 Å². The summed E-state index contributed by atoms with van der Waals surface area (Å²) in [7, 11) is 0. The highest BCUT2D eigenvalue weighted by molar-refractivity contribution is 7.81. The Bertz CT molecular complexity index is 1050. The number of esters is 1. The Kier molecular flexibility index (Phi) is 6.81. The predicted octanol–water partition coefficient (Wildman–Crippen LogP) is 4.96. The minimum absolute atomic E-state index is 0.0509. The molecule has 164 valence electrons. The van der Waals surface area contributed by atoms with E-state index in [0.29, 0.717) is 0 Å². The topological polar surface area (TPSA) is 64.6 Å². The lowest BCUT2D eigenvalue weighted by molar-refractivity contribution is -0.147. The van der Waals surface area contributed by atoms with Crippen molar-refractivity contribution in [3.8, 4) is 11.1 Å². The minimum atomic E-state index is -0.919. The molecule has 6 heteroatoms. The quantitative estimate of drug-likeness (QED) is 0.397. The van der Waals surface area contributed by atoms with Gasteiger partial charge in [0.1, 0.15) is 19.3 Å². The Labute approximate surface area is 193 Å². The third-order valence-electron chi connectivity index (χ3n) is 5.58. The van der Waals surface area contributed by atoms with Gasteiger partial charge in [-0.15, -0.1) is 0 Å². The molecule has 0 aromatic heterocycles. The number of hydrogen-bond acceptors (Lipinski definition) is 5. The highest BCUT2D eigenvalue weighted by Gasteiger charge is 2.31. The molecule has 0 aliphatic heterocycles. The zero-order valence-corrected chi connectivity index (χ0v) is 18.6. The van der Waals surface area contributed by atoms with Crippen LogP contribution < -0.4 is 5.32 Å². The molecule has 0 saturated carbocycles. The first-order valence-corrected chi connectivity index (χ1v) is 11.1. The number of benzene rings is 3. The highest BCUT2D eigenvalue weighted by Crippen LogP contribution is 2.44. The van der Waals surface area contributed by atoms with E-state index in [9.17, 15) is 9.59 Å². The monoisotopic (exact) mass is 447 g/mol. The molecule has 3 aromatic carbocycles. The van der Waals surface area contributed by atoms with Crippen LogP contribution in [0.5, 0.6) is 0 Å². The molecule has 0 bridgehead atoms. The van der Waals surface area contributed by atoms with E-state index in [1.54, 1.807) is 6.92 Å². The number of nitrogens with one attached hydrogen (secondary N) is 1. The first-order chi connectivity index (χ1) is 15.5. The molecule has 2 atom stereocenters. The molecule has 0 spiro atoms. The average Bonchev–Trinajstić information content (AvgIpc) is 3.14. The number of alkyl carbamates (subject to hydrolysis) is 1. The number of ether oxygens (including phenoxy) is 2. The first kappa shape index (κ1) is 22.0. The summed E-state index contributed by atoms with van der Waals surface area (Å²) < 4.78 is 10.9. The van der Waals surface area contributed by atoms with Crippen molar-refractivity contribution in [2.75, 3.05) is 6.61 Å². The van der Waals surface area contributed by atoms with E-state index in [0.717, 1.165) is 27.8 Å². The third kappa shape index (κ3) is 4.81. The Morgan fingerprint density at radius 3 is 2.03 bits per heavy atom. The number of hydrogen-bond donors (Lipinski definition) is 2. The second-order valence-corrected chi connectivity index (χ2v) is 8.60. The zero-order valence-electron chi connectivity index (χ0n) is 17.7. The van der Waals surface area contributed by atoms with E-state index in [2.05, 4.69) is 42.2 Å². The maximum absolute atomic E-state index is 12.5. The number of carbonyl (C=O) groups excluding carboxylic acids is 2. The predicted molar refractivity (Wildman–Crippen MR) is 127 cm³/mol. The number of fused-ring (bicyclic) bond motifs is 3. The van der Waals surface area contributed by atoms with Gasteiger partial charge in [-0.2, -0.15) is 12.6 Å². The van der Waals surface area contributed by atoms with Crippen LogP contribution in [0.1, 0.15) is 29.5 Å². The van der Waals surface area contributed by atoms with Gasteiger partial charge in [0.2, 0.25) is 0 Å². The van der Waals surface area contributed by atoms with Crippen LogP contribution >= 0.6 is 12.6 Å². The number of rotatable bonds is 7. The summed E-state index contributed by atoms with van der Waals surface area (Å²) in [6.45, 7) is 2.02. The summed E-state index contributed by atoms with van der Waals surface area (Å²) in [6, 6.07) is 24.7. The molecule has 32 heavy (non-hydrogen) atoms. The van der Waals surface area contributed by atoms with Crippen molar-refractivity contribution in [1.82, 2.24) is 5.32 Å². The van der Waals surface area contributed by atoms with E-state index in [1.165, 1.54) is 0 Å². The zero-order chi connectivity index (χ0) is 22.5. The van der Waals surface area contributed by atoms with Crippen molar-refractivity contribution < 1.29 is 19.1 Å². The van der Waals surface area contributed by atoms with Gasteiger partial charge in [-0.25, -0.2) is 9.59 Å². The summed E-state index contributed by atoms with van der Waals surface area (Å²) in [6.07, 6.45) is -0.672. The van der Waals surface area contributed by atoms with Gasteiger partial charge in [-0.3, -0.25) is 0 Å². The van der Waals surface area contributed by atoms with Gasteiger partial charge < -0.3 is 14.8 Å². The second kappa shape index (κ2) is 9.92. The fourth-order valence-corrected chi connectivity index (χ4v) is 4.16. The van der Waals surface area contributed by atoms with Crippen LogP contribution in [0.3, 0.4) is 0 Å². The molecule has 1 aliphatic rings. The van der Waals surface area contributed by atoms with E-state index in [-0.39, 0.29) is 19.1 Å². The molecule has 1 amide bonds. The maximum atomic E-state index is 12.5. The van der Waals surface area contributed by atoms with Crippen LogP contribution in [0, 0.1) is 0 Å². The molecule has 0 saturated heterocycles. The van der Waals surface area contributed by atoms with Crippen molar-refractivity contribution in [3.63, 3.8) is 0 Å². The molecule has 0 fully saturated rings. The normalized spacial score (nSPS) is 14.1. The SMILES string of the molecule is C[C@@H](S)[C@H](NC(=O)OCC1c2ccccc2-c2ccccc21)C(=O)OCc1ccccc1. The van der Waals surface area contributed by atoms with Crippen LogP contribution in [0.15, 0.2) is 78.9 Å². The molecule has 1 N–H and O–H groups in total. The highest BCUT2D eigenvalue weighted by atomic mass is 32.1. The van der Waals surface area contributed by atoms with Gasteiger partial charge in [0.25, 0.3) is 0 Å². The van der Waals surface area contributed by atoms with Crippen LogP contribution in [-0.4, -0.2) is 30.0 Å². The van der Waals surface area contributed by atoms with Gasteiger partial charge in [0.15, 0.2) is 0 Å².